The molecule has 1 aliphatic carbocycles. The van der Waals surface area contributed by atoms with Gasteiger partial charge in [0.2, 0.25) is 5.91 Å². The Morgan fingerprint density at radius 2 is 2.24 bits per heavy atom. The van der Waals surface area contributed by atoms with Gasteiger partial charge in [0, 0.05) is 18.4 Å². The fourth-order valence-corrected chi connectivity index (χ4v) is 1.54. The van der Waals surface area contributed by atoms with Gasteiger partial charge in [0.25, 0.3) is 5.91 Å². The Kier molecular flexibility index (Phi) is 3.41. The van der Waals surface area contributed by atoms with Crippen molar-refractivity contribution in [2.45, 2.75) is 32.6 Å². The Bertz CT molecular complexity index is 423. The van der Waals surface area contributed by atoms with Gasteiger partial charge in [-0.25, -0.2) is 0 Å². The maximum Gasteiger partial charge on any atom is 0.291 e. The standard InChI is InChI=1S/C11H15N3O3/c1-2-8-6-9(14-17-8)11(16)13-12-10(15)7-4-3-5-7/h6-7H,2-5H2,1H3,(H,12,15)(H,13,16). The molecule has 17 heavy (non-hydrogen) atoms. The fraction of sp³-hybridized carbons (Fsp3) is 0.545. The molecule has 2 amide bonds. The van der Waals surface area contributed by atoms with E-state index in [9.17, 15) is 9.59 Å². The van der Waals surface area contributed by atoms with Gasteiger partial charge >= 0.3 is 0 Å². The molecule has 0 unspecified atom stereocenters. The summed E-state index contributed by atoms with van der Waals surface area (Å²) in [5, 5.41) is 3.61. The number of nitrogens with one attached hydrogen (secondary N) is 2. The number of carbonyl (C=O) groups is 2. The van der Waals surface area contributed by atoms with Crippen molar-refractivity contribution in [3.05, 3.63) is 17.5 Å². The highest BCUT2D eigenvalue weighted by Crippen LogP contribution is 2.25. The van der Waals surface area contributed by atoms with Crippen LogP contribution in [0.1, 0.15) is 42.4 Å². The zero-order chi connectivity index (χ0) is 12.3. The van der Waals surface area contributed by atoms with Crippen LogP contribution in [0.25, 0.3) is 0 Å². The molecular formula is C11H15N3O3. The molecule has 1 heterocycles. The quantitative estimate of drug-likeness (QED) is 0.761. The Balaban J connectivity index is 1.82. The molecule has 0 bridgehead atoms. The van der Waals surface area contributed by atoms with Gasteiger partial charge < -0.3 is 4.52 Å². The van der Waals surface area contributed by atoms with E-state index in [2.05, 4.69) is 16.0 Å². The van der Waals surface area contributed by atoms with E-state index in [0.29, 0.717) is 12.2 Å². The maximum atomic E-state index is 11.6. The minimum Gasteiger partial charge on any atom is -0.361 e. The Morgan fingerprint density at radius 3 is 2.76 bits per heavy atom. The van der Waals surface area contributed by atoms with E-state index in [1.807, 2.05) is 6.92 Å². The predicted molar refractivity (Wildman–Crippen MR) is 58.8 cm³/mol. The number of aryl methyl sites for hydroxylation is 1. The smallest absolute Gasteiger partial charge is 0.291 e. The first-order chi connectivity index (χ1) is 8.20. The van der Waals surface area contributed by atoms with Gasteiger partial charge in [-0.1, -0.05) is 18.5 Å². The monoisotopic (exact) mass is 237 g/mol. The van der Waals surface area contributed by atoms with Crippen LogP contribution in [0.4, 0.5) is 0 Å². The number of amides is 2. The van der Waals surface area contributed by atoms with E-state index in [-0.39, 0.29) is 17.5 Å². The third-order valence-electron chi connectivity index (χ3n) is 2.92. The molecule has 0 atom stereocenters. The summed E-state index contributed by atoms with van der Waals surface area (Å²) in [6.45, 7) is 1.90. The Labute approximate surface area is 98.7 Å². The highest BCUT2D eigenvalue weighted by molar-refractivity contribution is 5.93. The minimum atomic E-state index is -0.457. The van der Waals surface area contributed by atoms with E-state index >= 15 is 0 Å². The summed E-state index contributed by atoms with van der Waals surface area (Å²) in [6, 6.07) is 1.56. The molecule has 0 radical (unpaired) electrons. The zero-order valence-electron chi connectivity index (χ0n) is 9.66. The van der Waals surface area contributed by atoms with E-state index in [4.69, 9.17) is 4.52 Å². The Morgan fingerprint density at radius 1 is 1.47 bits per heavy atom. The molecule has 0 saturated heterocycles. The lowest BCUT2D eigenvalue weighted by Crippen LogP contribution is -2.46. The molecule has 1 aromatic heterocycles. The van der Waals surface area contributed by atoms with Crippen molar-refractivity contribution >= 4 is 11.8 Å². The third-order valence-corrected chi connectivity index (χ3v) is 2.92. The largest absolute Gasteiger partial charge is 0.361 e. The molecule has 0 aromatic carbocycles. The second kappa shape index (κ2) is 4.99. The lowest BCUT2D eigenvalue weighted by Gasteiger charge is -2.23. The van der Waals surface area contributed by atoms with Crippen molar-refractivity contribution in [1.82, 2.24) is 16.0 Å². The number of carbonyl (C=O) groups excluding carboxylic acids is 2. The number of hydrogen-bond acceptors (Lipinski definition) is 4. The van der Waals surface area contributed by atoms with Gasteiger partial charge in [0.1, 0.15) is 5.76 Å². The van der Waals surface area contributed by atoms with Crippen LogP contribution in [0.15, 0.2) is 10.6 Å². The van der Waals surface area contributed by atoms with Crippen molar-refractivity contribution in [3.63, 3.8) is 0 Å². The van der Waals surface area contributed by atoms with Crippen molar-refractivity contribution in [1.29, 1.82) is 0 Å². The second-order valence-electron chi connectivity index (χ2n) is 4.10. The molecule has 6 nitrogen and oxygen atoms in total. The molecule has 2 rings (SSSR count). The fourth-order valence-electron chi connectivity index (χ4n) is 1.54. The number of nitrogens with zero attached hydrogens (tertiary/aromatic N) is 1. The summed E-state index contributed by atoms with van der Waals surface area (Å²) in [4.78, 5) is 23.0. The van der Waals surface area contributed by atoms with Crippen LogP contribution in [-0.2, 0) is 11.2 Å². The van der Waals surface area contributed by atoms with Gasteiger partial charge in [-0.2, -0.15) is 0 Å². The lowest BCUT2D eigenvalue weighted by molar-refractivity contribution is -0.128. The maximum absolute atomic E-state index is 11.6. The van der Waals surface area contributed by atoms with Gasteiger partial charge in [-0.15, -0.1) is 0 Å². The first-order valence-electron chi connectivity index (χ1n) is 5.76. The van der Waals surface area contributed by atoms with E-state index < -0.39 is 5.91 Å². The molecule has 1 aliphatic rings. The molecule has 1 saturated carbocycles. The highest BCUT2D eigenvalue weighted by atomic mass is 16.5. The predicted octanol–water partition coefficient (Wildman–Crippen LogP) is 0.798. The van der Waals surface area contributed by atoms with Crippen LogP contribution in [0.2, 0.25) is 0 Å². The molecule has 1 aromatic rings. The summed E-state index contributed by atoms with van der Waals surface area (Å²) in [5.74, 6) is 0.0872. The number of hydrazine groups is 1. The Hall–Kier alpha value is -1.85. The van der Waals surface area contributed by atoms with E-state index in [0.717, 1.165) is 19.3 Å². The summed E-state index contributed by atoms with van der Waals surface area (Å²) < 4.78 is 4.90. The average Bonchev–Trinajstić information content (AvgIpc) is 2.72. The minimum absolute atomic E-state index is 0.0406. The molecule has 6 heteroatoms. The van der Waals surface area contributed by atoms with Crippen molar-refractivity contribution in [2.75, 3.05) is 0 Å². The summed E-state index contributed by atoms with van der Waals surface area (Å²) >= 11 is 0. The van der Waals surface area contributed by atoms with Crippen molar-refractivity contribution < 1.29 is 14.1 Å². The van der Waals surface area contributed by atoms with Crippen LogP contribution < -0.4 is 10.9 Å². The van der Waals surface area contributed by atoms with Crippen LogP contribution >= 0.6 is 0 Å². The second-order valence-corrected chi connectivity index (χ2v) is 4.10. The summed E-state index contributed by atoms with van der Waals surface area (Å²) in [5.41, 5.74) is 4.89. The molecule has 92 valence electrons. The van der Waals surface area contributed by atoms with Gasteiger partial charge in [-0.05, 0) is 12.8 Å². The molecule has 1 fully saturated rings. The van der Waals surface area contributed by atoms with Crippen molar-refractivity contribution in [3.8, 4) is 0 Å². The summed E-state index contributed by atoms with van der Waals surface area (Å²) in [6.07, 6.45) is 3.54. The van der Waals surface area contributed by atoms with E-state index in [1.165, 1.54) is 0 Å². The first-order valence-corrected chi connectivity index (χ1v) is 5.76. The zero-order valence-corrected chi connectivity index (χ0v) is 9.66. The molecule has 0 aliphatic heterocycles. The third kappa shape index (κ3) is 2.64. The van der Waals surface area contributed by atoms with Crippen LogP contribution in [-0.4, -0.2) is 17.0 Å². The molecule has 0 spiro atoms. The average molecular weight is 237 g/mol. The van der Waals surface area contributed by atoms with Gasteiger partial charge in [-0.3, -0.25) is 20.4 Å². The SMILES string of the molecule is CCc1cc(C(=O)NNC(=O)C2CCC2)no1. The van der Waals surface area contributed by atoms with Crippen LogP contribution in [0.5, 0.6) is 0 Å². The lowest BCUT2D eigenvalue weighted by atomic mass is 9.85. The topological polar surface area (TPSA) is 84.2 Å². The number of hydrogen-bond donors (Lipinski definition) is 2. The normalized spacial score (nSPS) is 15.1. The van der Waals surface area contributed by atoms with Crippen LogP contribution in [0.3, 0.4) is 0 Å². The van der Waals surface area contributed by atoms with Crippen molar-refractivity contribution in [2.24, 2.45) is 5.92 Å². The van der Waals surface area contributed by atoms with Crippen LogP contribution in [0, 0.1) is 5.92 Å². The molecular weight excluding hydrogens is 222 g/mol. The number of rotatable bonds is 3. The first kappa shape index (κ1) is 11.6. The highest BCUT2D eigenvalue weighted by Gasteiger charge is 2.25. The number of aromatic nitrogens is 1. The summed E-state index contributed by atoms with van der Waals surface area (Å²) in [7, 11) is 0. The van der Waals surface area contributed by atoms with Gasteiger partial charge in [0.15, 0.2) is 5.69 Å². The van der Waals surface area contributed by atoms with Gasteiger partial charge in [0.05, 0.1) is 0 Å². The van der Waals surface area contributed by atoms with E-state index in [1.54, 1.807) is 6.07 Å². The molecule has 2 N–H and O–H groups in total.